The second kappa shape index (κ2) is 37.1. The van der Waals surface area contributed by atoms with E-state index >= 15 is 0 Å². The van der Waals surface area contributed by atoms with Crippen LogP contribution in [0.15, 0.2) is 91.0 Å². The van der Waals surface area contributed by atoms with Crippen LogP contribution in [0.2, 0.25) is 0 Å². The Bertz CT molecular complexity index is 2370. The Balaban J connectivity index is 0.000000181. The molecule has 3 heterocycles. The summed E-state index contributed by atoms with van der Waals surface area (Å²) in [4.78, 5) is 91.4. The Morgan fingerprint density at radius 1 is 0.372 bits per heavy atom. The molecule has 4 saturated carbocycles. The van der Waals surface area contributed by atoms with Crippen molar-refractivity contribution in [1.82, 2.24) is 29.8 Å². The number of carboxylic acid groups (broad SMARTS) is 2. The number of hydrogen-bond donors (Lipinski definition) is 3. The molecule has 5 amide bonds. The van der Waals surface area contributed by atoms with Crippen LogP contribution in [-0.2, 0) is 53.2 Å². The zero-order valence-electron chi connectivity index (χ0n) is 51.9. The molecule has 8 atom stereocenters. The maximum atomic E-state index is 12.7. The van der Waals surface area contributed by atoms with Crippen LogP contribution in [0.5, 0.6) is 0 Å². The Morgan fingerprint density at radius 2 is 0.628 bits per heavy atom. The van der Waals surface area contributed by atoms with Crippen LogP contribution in [0.4, 0.5) is 14.4 Å². The average molecular weight is 1190 g/mol. The first-order chi connectivity index (χ1) is 41.5. The topological polar surface area (TPSA) is 216 Å². The van der Waals surface area contributed by atoms with Gasteiger partial charge in [0.1, 0.15) is 19.8 Å². The molecule has 0 radical (unpaired) electrons. The highest BCUT2D eigenvalue weighted by Crippen LogP contribution is 2.33. The first-order valence-corrected chi connectivity index (χ1v) is 32.1. The summed E-state index contributed by atoms with van der Waals surface area (Å²) >= 11 is 0. The van der Waals surface area contributed by atoms with E-state index in [1.165, 1.54) is 25.7 Å². The number of nitrogens with zero attached hydrogens (tertiary/aromatic N) is 5. The highest BCUT2D eigenvalue weighted by molar-refractivity contribution is 5.80. The zero-order valence-corrected chi connectivity index (χ0v) is 51.9. The molecule has 474 valence electrons. The normalized spacial score (nSPS) is 24.8. The minimum atomic E-state index is -0.605. The zero-order chi connectivity index (χ0) is 61.6. The fourth-order valence-corrected chi connectivity index (χ4v) is 12.6. The monoisotopic (exact) mass is 1190 g/mol. The molecule has 3 saturated heterocycles. The lowest BCUT2D eigenvalue weighted by Gasteiger charge is -2.37. The molecular formula is C68H100N6O12. The second-order valence-electron chi connectivity index (χ2n) is 25.0. The molecule has 7 aliphatic rings. The second-order valence-corrected chi connectivity index (χ2v) is 25.0. The lowest BCUT2D eigenvalue weighted by atomic mass is 9.81. The summed E-state index contributed by atoms with van der Waals surface area (Å²) in [6.45, 7) is 17.5. The van der Waals surface area contributed by atoms with Gasteiger partial charge in [0.25, 0.3) is 0 Å². The minimum absolute atomic E-state index is 0.0521. The molecule has 4 aliphatic carbocycles. The molecule has 3 aromatic rings. The molecule has 0 bridgehead atoms. The van der Waals surface area contributed by atoms with Crippen LogP contribution in [0.25, 0.3) is 0 Å². The van der Waals surface area contributed by atoms with Crippen LogP contribution in [0.1, 0.15) is 147 Å². The van der Waals surface area contributed by atoms with Gasteiger partial charge in [0.05, 0.1) is 11.8 Å². The van der Waals surface area contributed by atoms with Crippen molar-refractivity contribution in [2.45, 2.75) is 150 Å². The van der Waals surface area contributed by atoms with Gasteiger partial charge >= 0.3 is 30.2 Å². The summed E-state index contributed by atoms with van der Waals surface area (Å²) in [5.74, 6) is 2.15. The Labute approximate surface area is 511 Å². The van der Waals surface area contributed by atoms with Gasteiger partial charge in [-0.15, -0.1) is 0 Å². The maximum absolute atomic E-state index is 12.7. The van der Waals surface area contributed by atoms with E-state index in [0.29, 0.717) is 95.9 Å². The Hall–Kier alpha value is -6.69. The van der Waals surface area contributed by atoms with Gasteiger partial charge in [0.15, 0.2) is 0 Å². The Morgan fingerprint density at radius 3 is 0.895 bits per heavy atom. The fraction of sp³-hybridized carbons (Fsp3) is 0.632. The van der Waals surface area contributed by atoms with E-state index in [2.05, 4.69) is 33.0 Å². The van der Waals surface area contributed by atoms with E-state index in [9.17, 15) is 33.6 Å². The van der Waals surface area contributed by atoms with Gasteiger partial charge in [-0.3, -0.25) is 19.2 Å². The van der Waals surface area contributed by atoms with Crippen molar-refractivity contribution in [3.8, 4) is 0 Å². The van der Waals surface area contributed by atoms with Gasteiger partial charge in [0.2, 0.25) is 11.8 Å². The lowest BCUT2D eigenvalue weighted by Crippen LogP contribution is -2.52. The largest absolute Gasteiger partial charge is 0.481 e. The van der Waals surface area contributed by atoms with E-state index in [4.69, 9.17) is 24.4 Å². The molecule has 86 heavy (non-hydrogen) atoms. The van der Waals surface area contributed by atoms with Gasteiger partial charge in [0, 0.05) is 90.4 Å². The SMILES string of the molecule is C[C@@H]1CCC[C@H](C(=O)N2CCN(C(=O)OCc3ccccc3)CC2)C1.C[C@@H]1CCC[C@H](C(=O)O)C1.C[C@H]1CCC[C@@H](C(=O)N2CCN(C(=O)OCc3ccccc3)CC2)C1.C[C@H]1CCC[C@@H](C(=O)O)C1.O=C(OCc1ccccc1)N1CCNCC1. The lowest BCUT2D eigenvalue weighted by molar-refractivity contribution is -0.144. The predicted molar refractivity (Wildman–Crippen MR) is 330 cm³/mol. The number of ether oxygens (including phenoxy) is 3. The van der Waals surface area contributed by atoms with Crippen LogP contribution in [-0.4, -0.2) is 155 Å². The molecule has 18 heteroatoms. The first-order valence-electron chi connectivity index (χ1n) is 32.1. The van der Waals surface area contributed by atoms with E-state index in [-0.39, 0.29) is 53.8 Å². The summed E-state index contributed by atoms with van der Waals surface area (Å²) in [6, 6.07) is 29.1. The number of aliphatic carboxylic acids is 2. The highest BCUT2D eigenvalue weighted by atomic mass is 16.6. The van der Waals surface area contributed by atoms with E-state index in [1.54, 1.807) is 14.7 Å². The van der Waals surface area contributed by atoms with E-state index < -0.39 is 11.9 Å². The smallest absolute Gasteiger partial charge is 0.410 e. The van der Waals surface area contributed by atoms with Crippen molar-refractivity contribution in [2.24, 2.45) is 47.3 Å². The number of benzene rings is 3. The summed E-state index contributed by atoms with van der Waals surface area (Å²) in [6.07, 6.45) is 16.2. The van der Waals surface area contributed by atoms with Gasteiger partial charge in [-0.2, -0.15) is 0 Å². The number of rotatable bonds is 10. The van der Waals surface area contributed by atoms with Crippen LogP contribution >= 0.6 is 0 Å². The number of amides is 5. The summed E-state index contributed by atoms with van der Waals surface area (Å²) in [7, 11) is 0. The number of carboxylic acids is 2. The van der Waals surface area contributed by atoms with Crippen LogP contribution in [0, 0.1) is 47.3 Å². The number of carbonyl (C=O) groups excluding carboxylic acids is 5. The van der Waals surface area contributed by atoms with Gasteiger partial charge in [-0.1, -0.05) is 170 Å². The van der Waals surface area contributed by atoms with Gasteiger partial charge in [-0.25, -0.2) is 14.4 Å². The van der Waals surface area contributed by atoms with Crippen molar-refractivity contribution < 1.29 is 58.0 Å². The third-order valence-electron chi connectivity index (χ3n) is 17.8. The maximum Gasteiger partial charge on any atom is 0.410 e. The molecule has 0 aromatic heterocycles. The van der Waals surface area contributed by atoms with Crippen molar-refractivity contribution >= 4 is 42.0 Å². The quantitative estimate of drug-likeness (QED) is 0.161. The number of carbonyl (C=O) groups is 7. The van der Waals surface area contributed by atoms with Crippen molar-refractivity contribution in [1.29, 1.82) is 0 Å². The molecule has 3 N–H and O–H groups in total. The van der Waals surface area contributed by atoms with Crippen molar-refractivity contribution in [3.05, 3.63) is 108 Å². The summed E-state index contributed by atoms with van der Waals surface area (Å²) in [5, 5.41) is 20.5. The highest BCUT2D eigenvalue weighted by Gasteiger charge is 2.34. The number of nitrogens with one attached hydrogen (secondary N) is 1. The molecule has 3 aliphatic heterocycles. The fourth-order valence-electron chi connectivity index (χ4n) is 12.6. The predicted octanol–water partition coefficient (Wildman–Crippen LogP) is 11.6. The summed E-state index contributed by atoms with van der Waals surface area (Å²) in [5.41, 5.74) is 2.98. The molecule has 3 aromatic carbocycles. The van der Waals surface area contributed by atoms with Crippen LogP contribution in [0.3, 0.4) is 0 Å². The van der Waals surface area contributed by atoms with Crippen LogP contribution < -0.4 is 5.32 Å². The summed E-state index contributed by atoms with van der Waals surface area (Å²) < 4.78 is 16.0. The van der Waals surface area contributed by atoms with Crippen molar-refractivity contribution in [3.63, 3.8) is 0 Å². The number of piperazine rings is 3. The molecule has 7 fully saturated rings. The molecular weight excluding hydrogens is 1090 g/mol. The minimum Gasteiger partial charge on any atom is -0.481 e. The standard InChI is InChI=1S/2C20H28N2O3.C12H16N2O2.2C8H14O2/c2*1-16-6-5-9-18(14-16)19(23)21-10-12-22(13-11-21)20(24)25-15-17-7-3-2-4-8-17;15-12(14-8-6-13-7-9-14)16-10-11-4-2-1-3-5-11;2*1-6-3-2-4-7(5-6)8(9)10/h2*2-4,7-8,16,18H,5-6,9-15H2,1H3;1-5,13H,6-10H2;2*6-7H,2-5H2,1H3,(H,9,10)/t2*16-,18+;;2*6-,7+/m10.10/s1. The Kier molecular flexibility index (Phi) is 29.5. The van der Waals surface area contributed by atoms with Gasteiger partial charge < -0.3 is 54.2 Å². The van der Waals surface area contributed by atoms with Gasteiger partial charge in [-0.05, 0) is 91.7 Å². The molecule has 0 spiro atoms. The molecule has 0 unspecified atom stereocenters. The van der Waals surface area contributed by atoms with E-state index in [1.807, 2.05) is 101 Å². The molecule has 18 nitrogen and oxygen atoms in total. The third-order valence-corrected chi connectivity index (χ3v) is 17.8. The number of hydrogen-bond acceptors (Lipinski definition) is 11. The first kappa shape index (κ1) is 68.4. The molecule has 10 rings (SSSR count). The van der Waals surface area contributed by atoms with Crippen molar-refractivity contribution in [2.75, 3.05) is 78.5 Å². The third kappa shape index (κ3) is 24.2. The average Bonchev–Trinajstić information content (AvgIpc) is 3.68. The van der Waals surface area contributed by atoms with E-state index in [0.717, 1.165) is 120 Å².